The minimum Gasteiger partial charge on any atom is -0.334 e. The molecule has 5 heteroatoms. The van der Waals surface area contributed by atoms with Crippen LogP contribution in [-0.2, 0) is 11.3 Å². The van der Waals surface area contributed by atoms with E-state index in [1.807, 2.05) is 17.0 Å². The van der Waals surface area contributed by atoms with Gasteiger partial charge in [0.25, 0.3) is 0 Å². The third kappa shape index (κ3) is 4.34. The molecule has 19 heavy (non-hydrogen) atoms. The minimum absolute atomic E-state index is 0.207. The van der Waals surface area contributed by atoms with Crippen molar-refractivity contribution in [2.75, 3.05) is 19.6 Å². The Morgan fingerprint density at radius 3 is 3.05 bits per heavy atom. The maximum absolute atomic E-state index is 12.3. The summed E-state index contributed by atoms with van der Waals surface area (Å²) in [5.41, 5.74) is 0. The highest BCUT2D eigenvalue weighted by molar-refractivity contribution is 7.16. The standard InChI is InChI=1S/C14H19ClN2OS/c1-2-7-17(10-12-3-4-13(15)19-12)14(18)8-11-5-6-16-9-11/h2-4,11,16H,1,5-10H2. The molecule has 0 spiro atoms. The first-order chi connectivity index (χ1) is 9.19. The van der Waals surface area contributed by atoms with Crippen LogP contribution in [0.1, 0.15) is 17.7 Å². The molecule has 1 aromatic rings. The lowest BCUT2D eigenvalue weighted by Crippen LogP contribution is -2.32. The molecule has 1 aliphatic heterocycles. The van der Waals surface area contributed by atoms with Crippen LogP contribution < -0.4 is 5.32 Å². The van der Waals surface area contributed by atoms with Crippen molar-refractivity contribution in [3.8, 4) is 0 Å². The lowest BCUT2D eigenvalue weighted by atomic mass is 10.0. The SMILES string of the molecule is C=CCN(Cc1ccc(Cl)s1)C(=O)CC1CCNC1. The van der Waals surface area contributed by atoms with Gasteiger partial charge in [-0.1, -0.05) is 17.7 Å². The molecular formula is C14H19ClN2OS. The van der Waals surface area contributed by atoms with Crippen molar-refractivity contribution in [3.05, 3.63) is 34.0 Å². The van der Waals surface area contributed by atoms with E-state index in [4.69, 9.17) is 11.6 Å². The molecule has 0 aromatic carbocycles. The molecule has 1 saturated heterocycles. The largest absolute Gasteiger partial charge is 0.334 e. The van der Waals surface area contributed by atoms with Gasteiger partial charge in [-0.15, -0.1) is 17.9 Å². The molecule has 0 radical (unpaired) electrons. The van der Waals surface area contributed by atoms with Gasteiger partial charge in [-0.3, -0.25) is 4.79 Å². The molecule has 1 unspecified atom stereocenters. The highest BCUT2D eigenvalue weighted by atomic mass is 35.5. The van der Waals surface area contributed by atoms with Crippen molar-refractivity contribution >= 4 is 28.8 Å². The summed E-state index contributed by atoms with van der Waals surface area (Å²) in [7, 11) is 0. The predicted octanol–water partition coefficient (Wildman–Crippen LogP) is 2.92. The lowest BCUT2D eigenvalue weighted by Gasteiger charge is -2.22. The highest BCUT2D eigenvalue weighted by Gasteiger charge is 2.21. The van der Waals surface area contributed by atoms with Crippen molar-refractivity contribution in [1.82, 2.24) is 10.2 Å². The summed E-state index contributed by atoms with van der Waals surface area (Å²) in [4.78, 5) is 15.3. The zero-order valence-corrected chi connectivity index (χ0v) is 12.5. The van der Waals surface area contributed by atoms with Crippen molar-refractivity contribution in [2.45, 2.75) is 19.4 Å². The van der Waals surface area contributed by atoms with Crippen molar-refractivity contribution in [2.24, 2.45) is 5.92 Å². The van der Waals surface area contributed by atoms with E-state index in [1.165, 1.54) is 11.3 Å². The second-order valence-corrected chi connectivity index (χ2v) is 6.63. The Bertz CT molecular complexity index is 440. The molecule has 1 atom stereocenters. The third-order valence-corrected chi connectivity index (χ3v) is 4.52. The Hall–Kier alpha value is -0.840. The van der Waals surface area contributed by atoms with Crippen molar-refractivity contribution in [1.29, 1.82) is 0 Å². The van der Waals surface area contributed by atoms with Crippen LogP contribution in [0.15, 0.2) is 24.8 Å². The zero-order chi connectivity index (χ0) is 13.7. The van der Waals surface area contributed by atoms with Gasteiger partial charge < -0.3 is 10.2 Å². The van der Waals surface area contributed by atoms with E-state index in [1.54, 1.807) is 6.08 Å². The number of carbonyl (C=O) groups excluding carboxylic acids is 1. The van der Waals surface area contributed by atoms with E-state index in [0.717, 1.165) is 28.7 Å². The topological polar surface area (TPSA) is 32.3 Å². The summed E-state index contributed by atoms with van der Waals surface area (Å²) in [5.74, 6) is 0.685. The van der Waals surface area contributed by atoms with Gasteiger partial charge in [-0.2, -0.15) is 0 Å². The van der Waals surface area contributed by atoms with Crippen LogP contribution in [0, 0.1) is 5.92 Å². The van der Waals surface area contributed by atoms with Crippen molar-refractivity contribution in [3.63, 3.8) is 0 Å². The van der Waals surface area contributed by atoms with Crippen LogP contribution in [0.2, 0.25) is 4.34 Å². The molecule has 3 nitrogen and oxygen atoms in total. The summed E-state index contributed by atoms with van der Waals surface area (Å²) in [6.07, 6.45) is 3.50. The first-order valence-electron chi connectivity index (χ1n) is 6.52. The molecule has 1 N–H and O–H groups in total. The predicted molar refractivity (Wildman–Crippen MR) is 80.5 cm³/mol. The Morgan fingerprint density at radius 1 is 1.63 bits per heavy atom. The molecule has 1 aromatic heterocycles. The fraction of sp³-hybridized carbons (Fsp3) is 0.500. The lowest BCUT2D eigenvalue weighted by molar-refractivity contribution is -0.132. The van der Waals surface area contributed by atoms with Gasteiger partial charge in [0.1, 0.15) is 0 Å². The summed E-state index contributed by atoms with van der Waals surface area (Å²) >= 11 is 7.45. The fourth-order valence-electron chi connectivity index (χ4n) is 2.30. The van der Waals surface area contributed by atoms with Crippen LogP contribution >= 0.6 is 22.9 Å². The number of nitrogens with one attached hydrogen (secondary N) is 1. The number of halogens is 1. The van der Waals surface area contributed by atoms with E-state index in [2.05, 4.69) is 11.9 Å². The molecule has 2 heterocycles. The van der Waals surface area contributed by atoms with Gasteiger partial charge in [0, 0.05) is 17.8 Å². The first-order valence-corrected chi connectivity index (χ1v) is 7.72. The molecule has 1 amide bonds. The summed E-state index contributed by atoms with van der Waals surface area (Å²) in [6.45, 7) is 6.94. The van der Waals surface area contributed by atoms with Crippen LogP contribution in [-0.4, -0.2) is 30.4 Å². The molecule has 104 valence electrons. The number of carbonyl (C=O) groups is 1. The number of thiophene rings is 1. The van der Waals surface area contributed by atoms with Crippen LogP contribution in [0.25, 0.3) is 0 Å². The number of amides is 1. The van der Waals surface area contributed by atoms with E-state index in [9.17, 15) is 4.79 Å². The molecule has 1 aliphatic rings. The number of nitrogens with zero attached hydrogens (tertiary/aromatic N) is 1. The molecule has 0 bridgehead atoms. The summed E-state index contributed by atoms with van der Waals surface area (Å²) < 4.78 is 0.765. The van der Waals surface area contributed by atoms with E-state index < -0.39 is 0 Å². The number of hydrogen-bond acceptors (Lipinski definition) is 3. The Labute approximate surface area is 123 Å². The second-order valence-electron chi connectivity index (χ2n) is 4.83. The first kappa shape index (κ1) is 14.6. The fourth-order valence-corrected chi connectivity index (χ4v) is 3.40. The second kappa shape index (κ2) is 7.08. The van der Waals surface area contributed by atoms with Crippen molar-refractivity contribution < 1.29 is 4.79 Å². The van der Waals surface area contributed by atoms with Gasteiger partial charge in [0.2, 0.25) is 5.91 Å². The summed E-state index contributed by atoms with van der Waals surface area (Å²) in [6, 6.07) is 3.85. The zero-order valence-electron chi connectivity index (χ0n) is 10.9. The molecule has 2 rings (SSSR count). The molecule has 0 aliphatic carbocycles. The van der Waals surface area contributed by atoms with Gasteiger partial charge in [0.05, 0.1) is 10.9 Å². The summed E-state index contributed by atoms with van der Waals surface area (Å²) in [5, 5.41) is 3.30. The minimum atomic E-state index is 0.207. The number of hydrogen-bond donors (Lipinski definition) is 1. The van der Waals surface area contributed by atoms with Gasteiger partial charge in [-0.25, -0.2) is 0 Å². The molecule has 1 fully saturated rings. The quantitative estimate of drug-likeness (QED) is 0.819. The number of rotatable bonds is 6. The molecular weight excluding hydrogens is 280 g/mol. The monoisotopic (exact) mass is 298 g/mol. The van der Waals surface area contributed by atoms with E-state index in [-0.39, 0.29) is 5.91 Å². The van der Waals surface area contributed by atoms with Gasteiger partial charge >= 0.3 is 0 Å². The van der Waals surface area contributed by atoms with Crippen LogP contribution in [0.5, 0.6) is 0 Å². The van der Waals surface area contributed by atoms with E-state index in [0.29, 0.717) is 25.4 Å². The molecule has 0 saturated carbocycles. The van der Waals surface area contributed by atoms with Crippen LogP contribution in [0.3, 0.4) is 0 Å². The average Bonchev–Trinajstić information content (AvgIpc) is 3.01. The van der Waals surface area contributed by atoms with E-state index >= 15 is 0 Å². The normalized spacial score (nSPS) is 18.5. The maximum Gasteiger partial charge on any atom is 0.223 e. The Balaban J connectivity index is 1.93. The maximum atomic E-state index is 12.3. The van der Waals surface area contributed by atoms with Gasteiger partial charge in [-0.05, 0) is 37.6 Å². The smallest absolute Gasteiger partial charge is 0.223 e. The Kier molecular flexibility index (Phi) is 5.43. The third-order valence-electron chi connectivity index (χ3n) is 3.30. The van der Waals surface area contributed by atoms with Crippen LogP contribution in [0.4, 0.5) is 0 Å². The Morgan fingerprint density at radius 2 is 2.47 bits per heavy atom. The highest BCUT2D eigenvalue weighted by Crippen LogP contribution is 2.23. The average molecular weight is 299 g/mol. The van der Waals surface area contributed by atoms with Gasteiger partial charge in [0.15, 0.2) is 0 Å².